The molecule has 0 amide bonds. The molecule has 0 unspecified atom stereocenters. The van der Waals surface area contributed by atoms with Crippen molar-refractivity contribution in [1.82, 2.24) is 0 Å². The van der Waals surface area contributed by atoms with Crippen molar-refractivity contribution in [3.05, 3.63) is 54.1 Å². The molecule has 0 aliphatic carbocycles. The molecule has 6 heteroatoms. The van der Waals surface area contributed by atoms with Crippen LogP contribution in [0.5, 0.6) is 11.5 Å². The molecule has 128 valence electrons. The molecule has 0 aliphatic heterocycles. The smallest absolute Gasteiger partial charge is 0.338 e. The van der Waals surface area contributed by atoms with Crippen LogP contribution in [0.2, 0.25) is 0 Å². The lowest BCUT2D eigenvalue weighted by atomic mass is 10.0. The molecule has 0 aliphatic rings. The van der Waals surface area contributed by atoms with Gasteiger partial charge >= 0.3 is 5.97 Å². The number of carbonyl (C=O) groups excluding carboxylic acids is 1. The predicted molar refractivity (Wildman–Crippen MR) is 93.5 cm³/mol. The summed E-state index contributed by atoms with van der Waals surface area (Å²) in [7, 11) is 2.77. The first kappa shape index (κ1) is 16.4. The topological polar surface area (TPSA) is 94.9 Å². The fourth-order valence-corrected chi connectivity index (χ4v) is 2.60. The molecular formula is C19H17NO5. The van der Waals surface area contributed by atoms with Gasteiger partial charge in [0.1, 0.15) is 5.75 Å². The largest absolute Gasteiger partial charge is 0.504 e. The average molecular weight is 339 g/mol. The second-order valence-electron chi connectivity index (χ2n) is 5.33. The molecule has 0 bridgehead atoms. The van der Waals surface area contributed by atoms with Crippen LogP contribution in [-0.2, 0) is 4.74 Å². The summed E-state index contributed by atoms with van der Waals surface area (Å²) in [6.45, 7) is 0. The number of furan rings is 1. The van der Waals surface area contributed by atoms with Crippen LogP contribution in [0.3, 0.4) is 0 Å². The van der Waals surface area contributed by atoms with Crippen LogP contribution in [0.25, 0.3) is 22.5 Å². The molecular weight excluding hydrogens is 322 g/mol. The Morgan fingerprint density at radius 3 is 2.44 bits per heavy atom. The molecule has 3 rings (SSSR count). The van der Waals surface area contributed by atoms with Crippen LogP contribution in [-0.4, -0.2) is 25.3 Å². The van der Waals surface area contributed by atoms with Crippen molar-refractivity contribution in [1.29, 1.82) is 0 Å². The van der Waals surface area contributed by atoms with Gasteiger partial charge in [0.2, 0.25) is 5.88 Å². The zero-order valence-electron chi connectivity index (χ0n) is 13.8. The Kier molecular flexibility index (Phi) is 4.35. The van der Waals surface area contributed by atoms with Crippen molar-refractivity contribution in [3.63, 3.8) is 0 Å². The maximum absolute atomic E-state index is 11.9. The Bertz CT molecular complexity index is 915. The third-order valence-electron chi connectivity index (χ3n) is 3.80. The van der Waals surface area contributed by atoms with E-state index >= 15 is 0 Å². The molecule has 0 saturated carbocycles. The number of carbonyl (C=O) groups is 1. The second-order valence-corrected chi connectivity index (χ2v) is 5.33. The lowest BCUT2D eigenvalue weighted by molar-refractivity contribution is 0.0600. The molecule has 1 heterocycles. The van der Waals surface area contributed by atoms with Gasteiger partial charge in [0.05, 0.1) is 25.3 Å². The van der Waals surface area contributed by atoms with Crippen molar-refractivity contribution in [3.8, 4) is 33.9 Å². The summed E-state index contributed by atoms with van der Waals surface area (Å²) in [6, 6.07) is 13.9. The summed E-state index contributed by atoms with van der Waals surface area (Å²) in [4.78, 5) is 11.9. The highest BCUT2D eigenvalue weighted by molar-refractivity contribution is 5.94. The minimum atomic E-state index is -0.523. The fraction of sp³-hybridized carbons (Fsp3) is 0.105. The van der Waals surface area contributed by atoms with Crippen molar-refractivity contribution in [2.75, 3.05) is 20.0 Å². The zero-order valence-corrected chi connectivity index (χ0v) is 13.8. The van der Waals surface area contributed by atoms with Gasteiger partial charge in [-0.15, -0.1) is 0 Å². The molecule has 2 aromatic carbocycles. The first-order valence-corrected chi connectivity index (χ1v) is 7.49. The maximum atomic E-state index is 11.9. The highest BCUT2D eigenvalue weighted by Crippen LogP contribution is 2.45. The summed E-state index contributed by atoms with van der Waals surface area (Å²) < 4.78 is 15.5. The lowest BCUT2D eigenvalue weighted by Gasteiger charge is -2.08. The van der Waals surface area contributed by atoms with Gasteiger partial charge < -0.3 is 24.7 Å². The normalized spacial score (nSPS) is 10.5. The van der Waals surface area contributed by atoms with Gasteiger partial charge in [0, 0.05) is 5.56 Å². The van der Waals surface area contributed by atoms with E-state index in [1.807, 2.05) is 18.2 Å². The van der Waals surface area contributed by atoms with Gasteiger partial charge in [-0.3, -0.25) is 0 Å². The average Bonchev–Trinajstić information content (AvgIpc) is 2.95. The molecule has 3 aromatic rings. The molecule has 0 radical (unpaired) electrons. The number of anilines is 1. The Labute approximate surface area is 144 Å². The van der Waals surface area contributed by atoms with Gasteiger partial charge in [-0.1, -0.05) is 30.3 Å². The van der Waals surface area contributed by atoms with Crippen LogP contribution in [0.15, 0.2) is 52.9 Å². The molecule has 0 spiro atoms. The van der Waals surface area contributed by atoms with Gasteiger partial charge in [-0.2, -0.15) is 0 Å². The second kappa shape index (κ2) is 6.60. The Morgan fingerprint density at radius 2 is 1.80 bits per heavy atom. The van der Waals surface area contributed by atoms with Crippen molar-refractivity contribution in [2.24, 2.45) is 0 Å². The summed E-state index contributed by atoms with van der Waals surface area (Å²) in [5.74, 6) is 0.105. The SMILES string of the molecule is COC(=O)c1cc(OC)cc(-c2c(N)oc(-c3ccccc3)c2O)c1. The van der Waals surface area contributed by atoms with E-state index in [0.29, 0.717) is 22.4 Å². The molecule has 6 nitrogen and oxygen atoms in total. The number of esters is 1. The summed E-state index contributed by atoms with van der Waals surface area (Å²) in [5, 5.41) is 10.6. The standard InChI is InChI=1S/C19H17NO5/c1-23-14-9-12(8-13(10-14)19(22)24-2)15-16(21)17(25-18(15)20)11-6-4-3-5-7-11/h3-10,21H,20H2,1-2H3. The number of methoxy groups -OCH3 is 2. The number of nitrogen functional groups attached to an aromatic ring is 1. The van der Waals surface area contributed by atoms with E-state index in [9.17, 15) is 9.90 Å². The molecule has 0 fully saturated rings. The number of benzene rings is 2. The van der Waals surface area contributed by atoms with Crippen molar-refractivity contribution < 1.29 is 23.8 Å². The maximum Gasteiger partial charge on any atom is 0.338 e. The van der Waals surface area contributed by atoms with E-state index in [4.69, 9.17) is 19.6 Å². The van der Waals surface area contributed by atoms with Gasteiger partial charge in [0.15, 0.2) is 11.5 Å². The van der Waals surface area contributed by atoms with E-state index < -0.39 is 5.97 Å². The summed E-state index contributed by atoms with van der Waals surface area (Å²) in [5.41, 5.74) is 7.72. The quantitative estimate of drug-likeness (QED) is 0.704. The minimum absolute atomic E-state index is 0.0421. The molecule has 3 N–H and O–H groups in total. The third-order valence-corrected chi connectivity index (χ3v) is 3.80. The van der Waals surface area contributed by atoms with Crippen LogP contribution >= 0.6 is 0 Å². The molecule has 25 heavy (non-hydrogen) atoms. The van der Waals surface area contributed by atoms with E-state index in [-0.39, 0.29) is 23.0 Å². The van der Waals surface area contributed by atoms with Crippen LogP contribution in [0, 0.1) is 0 Å². The number of hydrogen-bond acceptors (Lipinski definition) is 6. The highest BCUT2D eigenvalue weighted by atomic mass is 16.5. The monoisotopic (exact) mass is 339 g/mol. The van der Waals surface area contributed by atoms with E-state index in [2.05, 4.69) is 0 Å². The van der Waals surface area contributed by atoms with Crippen molar-refractivity contribution in [2.45, 2.75) is 0 Å². The predicted octanol–water partition coefficient (Wildman–Crippen LogP) is 3.70. The Balaban J connectivity index is 2.17. The first-order chi connectivity index (χ1) is 12.0. The third kappa shape index (κ3) is 3.01. The van der Waals surface area contributed by atoms with E-state index in [1.54, 1.807) is 30.3 Å². The Morgan fingerprint density at radius 1 is 1.08 bits per heavy atom. The Hall–Kier alpha value is -3.41. The fourth-order valence-electron chi connectivity index (χ4n) is 2.60. The van der Waals surface area contributed by atoms with E-state index in [0.717, 1.165) is 0 Å². The number of ether oxygens (including phenoxy) is 2. The van der Waals surface area contributed by atoms with Crippen molar-refractivity contribution >= 4 is 11.9 Å². The highest BCUT2D eigenvalue weighted by Gasteiger charge is 2.22. The molecule has 1 aromatic heterocycles. The number of nitrogens with two attached hydrogens (primary N) is 1. The van der Waals surface area contributed by atoms with Gasteiger partial charge in [0.25, 0.3) is 0 Å². The number of hydrogen-bond donors (Lipinski definition) is 2. The summed E-state index contributed by atoms with van der Waals surface area (Å²) in [6.07, 6.45) is 0. The van der Waals surface area contributed by atoms with Gasteiger partial charge in [-0.05, 0) is 23.8 Å². The first-order valence-electron chi connectivity index (χ1n) is 7.49. The van der Waals surface area contributed by atoms with Gasteiger partial charge in [-0.25, -0.2) is 4.79 Å². The number of rotatable bonds is 4. The minimum Gasteiger partial charge on any atom is -0.504 e. The molecule has 0 saturated heterocycles. The zero-order chi connectivity index (χ0) is 18.0. The van der Waals surface area contributed by atoms with E-state index in [1.165, 1.54) is 14.2 Å². The summed E-state index contributed by atoms with van der Waals surface area (Å²) >= 11 is 0. The molecule has 0 atom stereocenters. The lowest BCUT2D eigenvalue weighted by Crippen LogP contribution is -2.02. The number of aromatic hydroxyl groups is 1. The van der Waals surface area contributed by atoms with Crippen LogP contribution in [0.4, 0.5) is 5.88 Å². The van der Waals surface area contributed by atoms with Crippen LogP contribution < -0.4 is 10.5 Å². The van der Waals surface area contributed by atoms with Crippen LogP contribution in [0.1, 0.15) is 10.4 Å².